The highest BCUT2D eigenvalue weighted by atomic mass is 32.2. The van der Waals surface area contributed by atoms with Gasteiger partial charge in [-0.05, 0) is 72.1 Å². The molecule has 2 aromatic heterocycles. The Morgan fingerprint density at radius 2 is 1.73 bits per heavy atom. The normalized spacial score (nSPS) is 13.6. The average Bonchev–Trinajstić information content (AvgIpc) is 3.00. The number of sulfone groups is 1. The lowest BCUT2D eigenvalue weighted by atomic mass is 10.0. The molecule has 1 aliphatic rings. The quantitative estimate of drug-likeness (QED) is 0.333. The average molecular weight is 573 g/mol. The number of anilines is 1. The van der Waals surface area contributed by atoms with E-state index in [0.29, 0.717) is 30.2 Å². The van der Waals surface area contributed by atoms with Gasteiger partial charge < -0.3 is 19.7 Å². The van der Waals surface area contributed by atoms with Crippen molar-refractivity contribution in [2.24, 2.45) is 0 Å². The number of hydrogen-bond donors (Lipinski definition) is 1. The first kappa shape index (κ1) is 28.3. The maximum absolute atomic E-state index is 12.8. The molecule has 1 saturated heterocycles. The molecule has 5 rings (SSSR count). The number of pyridine rings is 2. The van der Waals surface area contributed by atoms with E-state index in [1.165, 1.54) is 6.07 Å². The first-order valence-electron chi connectivity index (χ1n) is 13.2. The summed E-state index contributed by atoms with van der Waals surface area (Å²) in [6.07, 6.45) is 4.64. The predicted molar refractivity (Wildman–Crippen MR) is 158 cm³/mol. The number of ether oxygens (including phenoxy) is 2. The van der Waals surface area contributed by atoms with E-state index < -0.39 is 9.84 Å². The van der Waals surface area contributed by atoms with Crippen molar-refractivity contribution in [3.63, 3.8) is 0 Å². The van der Waals surface area contributed by atoms with Crippen LogP contribution in [-0.4, -0.2) is 64.0 Å². The lowest BCUT2D eigenvalue weighted by Crippen LogP contribution is -2.36. The number of nitrogens with one attached hydrogen (secondary N) is 1. The molecule has 41 heavy (non-hydrogen) atoms. The molecule has 0 bridgehead atoms. The smallest absolute Gasteiger partial charge is 0.251 e. The monoisotopic (exact) mass is 572 g/mol. The minimum atomic E-state index is -3.44. The summed E-state index contributed by atoms with van der Waals surface area (Å²) in [7, 11) is -1.80. The van der Waals surface area contributed by atoms with Gasteiger partial charge in [0.2, 0.25) is 0 Å². The molecule has 9 nitrogen and oxygen atoms in total. The molecular weight excluding hydrogens is 540 g/mol. The van der Waals surface area contributed by atoms with Crippen LogP contribution >= 0.6 is 0 Å². The van der Waals surface area contributed by atoms with Gasteiger partial charge in [-0.25, -0.2) is 8.42 Å². The van der Waals surface area contributed by atoms with Crippen molar-refractivity contribution in [2.75, 3.05) is 44.6 Å². The molecule has 212 valence electrons. The SMILES string of the molecule is COc1ccc(-c2ccnc(CNC(=O)c3ccc(C)c(S(C)(=O)=O)c3)c2)cc1-c1cc(N2CCOCC2)ccn1. The summed E-state index contributed by atoms with van der Waals surface area (Å²) in [5.74, 6) is 0.341. The number of morpholine rings is 1. The molecular formula is C31H32N4O5S. The predicted octanol–water partition coefficient (Wildman–Crippen LogP) is 4.30. The van der Waals surface area contributed by atoms with E-state index in [9.17, 15) is 13.2 Å². The number of benzene rings is 2. The fourth-order valence-corrected chi connectivity index (χ4v) is 5.83. The first-order valence-corrected chi connectivity index (χ1v) is 15.1. The van der Waals surface area contributed by atoms with E-state index in [1.54, 1.807) is 32.4 Å². The Morgan fingerprint density at radius 3 is 2.49 bits per heavy atom. The number of aryl methyl sites for hydroxylation is 1. The molecule has 1 amide bonds. The van der Waals surface area contributed by atoms with E-state index in [-0.39, 0.29) is 22.9 Å². The third-order valence-corrected chi connectivity index (χ3v) is 8.26. The maximum Gasteiger partial charge on any atom is 0.251 e. The number of carbonyl (C=O) groups excluding carboxylic acids is 1. The molecule has 1 aliphatic heterocycles. The second-order valence-electron chi connectivity index (χ2n) is 9.88. The Hall–Kier alpha value is -4.28. The molecule has 10 heteroatoms. The number of carbonyl (C=O) groups is 1. The Labute approximate surface area is 240 Å². The Balaban J connectivity index is 1.37. The standard InChI is InChI=1S/C31H32N4O5S/c1-21-4-5-24(18-30(21)41(3,37)38)31(36)34-20-25-16-23(8-10-32-25)22-6-7-29(39-2)27(17-22)28-19-26(9-11-33-28)35-12-14-40-15-13-35/h4-11,16-19H,12-15,20H2,1-3H3,(H,34,36). The van der Waals surface area contributed by atoms with Gasteiger partial charge >= 0.3 is 0 Å². The van der Waals surface area contributed by atoms with Crippen LogP contribution in [0.3, 0.4) is 0 Å². The van der Waals surface area contributed by atoms with Crippen LogP contribution in [-0.2, 0) is 21.1 Å². The number of amides is 1. The van der Waals surface area contributed by atoms with Gasteiger partial charge in [0.25, 0.3) is 5.91 Å². The van der Waals surface area contributed by atoms with Crippen molar-refractivity contribution >= 4 is 21.4 Å². The third-order valence-electron chi connectivity index (χ3n) is 7.02. The number of methoxy groups -OCH3 is 1. The fourth-order valence-electron chi connectivity index (χ4n) is 4.84. The molecule has 4 aromatic rings. The molecule has 3 heterocycles. The van der Waals surface area contributed by atoms with Crippen molar-refractivity contribution in [2.45, 2.75) is 18.4 Å². The lowest BCUT2D eigenvalue weighted by Gasteiger charge is -2.29. The van der Waals surface area contributed by atoms with Crippen LogP contribution in [0.5, 0.6) is 5.75 Å². The molecule has 0 atom stereocenters. The summed E-state index contributed by atoms with van der Waals surface area (Å²) in [6.45, 7) is 4.96. The third kappa shape index (κ3) is 6.55. The highest BCUT2D eigenvalue weighted by molar-refractivity contribution is 7.90. The second-order valence-corrected chi connectivity index (χ2v) is 11.9. The topological polar surface area (TPSA) is 111 Å². The summed E-state index contributed by atoms with van der Waals surface area (Å²) >= 11 is 0. The molecule has 1 N–H and O–H groups in total. The van der Waals surface area contributed by atoms with Crippen molar-refractivity contribution in [1.82, 2.24) is 15.3 Å². The number of aromatic nitrogens is 2. The van der Waals surface area contributed by atoms with E-state index in [2.05, 4.69) is 26.3 Å². The van der Waals surface area contributed by atoms with Gasteiger partial charge in [0.15, 0.2) is 9.84 Å². The lowest BCUT2D eigenvalue weighted by molar-refractivity contribution is 0.0950. The van der Waals surface area contributed by atoms with Crippen LogP contribution in [0.1, 0.15) is 21.6 Å². The van der Waals surface area contributed by atoms with Gasteiger partial charge in [-0.2, -0.15) is 0 Å². The van der Waals surface area contributed by atoms with E-state index in [0.717, 1.165) is 47.4 Å². The van der Waals surface area contributed by atoms with Gasteiger partial charge in [0.05, 0.1) is 43.2 Å². The zero-order valence-corrected chi connectivity index (χ0v) is 24.1. The van der Waals surface area contributed by atoms with Crippen LogP contribution in [0.15, 0.2) is 78.0 Å². The fraction of sp³-hybridized carbons (Fsp3) is 0.258. The van der Waals surface area contributed by atoms with E-state index in [4.69, 9.17) is 9.47 Å². The first-order chi connectivity index (χ1) is 19.7. The van der Waals surface area contributed by atoms with Crippen LogP contribution in [0.4, 0.5) is 5.69 Å². The molecule has 0 aliphatic carbocycles. The summed E-state index contributed by atoms with van der Waals surface area (Å²) in [5, 5.41) is 2.85. The molecule has 0 radical (unpaired) electrons. The highest BCUT2D eigenvalue weighted by Gasteiger charge is 2.17. The molecule has 2 aromatic carbocycles. The minimum Gasteiger partial charge on any atom is -0.496 e. The molecule has 0 spiro atoms. The molecule has 0 saturated carbocycles. The summed E-state index contributed by atoms with van der Waals surface area (Å²) in [5.41, 5.74) is 6.17. The minimum absolute atomic E-state index is 0.144. The van der Waals surface area contributed by atoms with Gasteiger partial charge in [-0.15, -0.1) is 0 Å². The van der Waals surface area contributed by atoms with E-state index in [1.807, 2.05) is 42.6 Å². The van der Waals surface area contributed by atoms with E-state index >= 15 is 0 Å². The number of hydrogen-bond acceptors (Lipinski definition) is 8. The summed E-state index contributed by atoms with van der Waals surface area (Å²) in [6, 6.07) is 18.5. The van der Waals surface area contributed by atoms with Crippen LogP contribution in [0.2, 0.25) is 0 Å². The summed E-state index contributed by atoms with van der Waals surface area (Å²) < 4.78 is 35.3. The highest BCUT2D eigenvalue weighted by Crippen LogP contribution is 2.35. The van der Waals surface area contributed by atoms with Crippen LogP contribution in [0.25, 0.3) is 22.4 Å². The van der Waals surface area contributed by atoms with Crippen LogP contribution < -0.4 is 15.0 Å². The Morgan fingerprint density at radius 1 is 0.976 bits per heavy atom. The molecule has 0 unspecified atom stereocenters. The zero-order valence-electron chi connectivity index (χ0n) is 23.3. The van der Waals surface area contributed by atoms with Crippen molar-refractivity contribution < 1.29 is 22.7 Å². The van der Waals surface area contributed by atoms with Crippen LogP contribution in [0, 0.1) is 6.92 Å². The number of rotatable bonds is 8. The van der Waals surface area contributed by atoms with Crippen molar-refractivity contribution in [1.29, 1.82) is 0 Å². The van der Waals surface area contributed by atoms with Gasteiger partial charge in [-0.1, -0.05) is 12.1 Å². The summed E-state index contributed by atoms with van der Waals surface area (Å²) in [4.78, 5) is 24.3. The maximum atomic E-state index is 12.8. The largest absolute Gasteiger partial charge is 0.496 e. The van der Waals surface area contributed by atoms with Gasteiger partial charge in [0, 0.05) is 48.6 Å². The van der Waals surface area contributed by atoms with Gasteiger partial charge in [0.1, 0.15) is 5.75 Å². The Kier molecular flexibility index (Phi) is 8.32. The van der Waals surface area contributed by atoms with Crippen molar-refractivity contribution in [3.8, 4) is 28.1 Å². The Bertz CT molecular complexity index is 1680. The molecule has 1 fully saturated rings. The van der Waals surface area contributed by atoms with Crippen molar-refractivity contribution in [3.05, 3.63) is 89.9 Å². The van der Waals surface area contributed by atoms with Gasteiger partial charge in [-0.3, -0.25) is 14.8 Å². The second kappa shape index (κ2) is 12.1. The zero-order chi connectivity index (χ0) is 29.0. The number of nitrogens with zero attached hydrogens (tertiary/aromatic N) is 3.